The molecule has 0 bridgehead atoms. The molecule has 0 aromatic heterocycles. The lowest BCUT2D eigenvalue weighted by Crippen LogP contribution is -2.53. The fraction of sp³-hybridized carbons (Fsp3) is 0.417. The molecule has 2 rings (SSSR count). The van der Waals surface area contributed by atoms with Gasteiger partial charge >= 0.3 is 0 Å². The lowest BCUT2D eigenvalue weighted by molar-refractivity contribution is -0.130. The summed E-state index contributed by atoms with van der Waals surface area (Å²) < 4.78 is 14.2. The van der Waals surface area contributed by atoms with Gasteiger partial charge in [0.2, 0.25) is 5.67 Å². The number of primary amides is 1. The Hall–Kier alpha value is -1.78. The average molecular weight is 237 g/mol. The molecule has 1 aromatic rings. The van der Waals surface area contributed by atoms with Crippen molar-refractivity contribution in [2.24, 2.45) is 5.73 Å². The van der Waals surface area contributed by atoms with Crippen molar-refractivity contribution in [1.82, 2.24) is 0 Å². The lowest BCUT2D eigenvalue weighted by atomic mass is 9.93. The van der Waals surface area contributed by atoms with Crippen molar-refractivity contribution in [3.05, 3.63) is 24.3 Å². The van der Waals surface area contributed by atoms with E-state index in [4.69, 9.17) is 11.5 Å². The first-order chi connectivity index (χ1) is 8.01. The Morgan fingerprint density at radius 1 is 1.35 bits per heavy atom. The van der Waals surface area contributed by atoms with E-state index in [9.17, 15) is 9.18 Å². The van der Waals surface area contributed by atoms with Crippen LogP contribution in [0.4, 0.5) is 15.8 Å². The van der Waals surface area contributed by atoms with Crippen molar-refractivity contribution < 1.29 is 9.18 Å². The molecule has 0 radical (unpaired) electrons. The van der Waals surface area contributed by atoms with Crippen molar-refractivity contribution in [3.8, 4) is 0 Å². The number of nitrogen functional groups attached to an aromatic ring is 1. The molecule has 0 spiro atoms. The van der Waals surface area contributed by atoms with Gasteiger partial charge in [-0.3, -0.25) is 4.79 Å². The molecule has 92 valence electrons. The number of benzene rings is 1. The fourth-order valence-electron chi connectivity index (χ4n) is 2.12. The summed E-state index contributed by atoms with van der Waals surface area (Å²) in [4.78, 5) is 12.9. The molecule has 1 aliphatic rings. The summed E-state index contributed by atoms with van der Waals surface area (Å²) in [5.74, 6) is -0.877. The molecule has 1 fully saturated rings. The first-order valence-electron chi connectivity index (χ1n) is 5.60. The van der Waals surface area contributed by atoms with Gasteiger partial charge in [0.15, 0.2) is 0 Å². The summed E-state index contributed by atoms with van der Waals surface area (Å²) in [5, 5.41) is 0. The Kier molecular flexibility index (Phi) is 2.92. The minimum Gasteiger partial charge on any atom is -0.399 e. The van der Waals surface area contributed by atoms with E-state index in [-0.39, 0.29) is 13.0 Å². The molecule has 4 N–H and O–H groups in total. The highest BCUT2D eigenvalue weighted by atomic mass is 19.1. The number of anilines is 2. The Balaban J connectivity index is 2.17. The van der Waals surface area contributed by atoms with Crippen LogP contribution in [0.25, 0.3) is 0 Å². The average Bonchev–Trinajstić information content (AvgIpc) is 2.30. The van der Waals surface area contributed by atoms with Gasteiger partial charge in [0.05, 0.1) is 6.54 Å². The molecule has 1 amide bonds. The van der Waals surface area contributed by atoms with E-state index in [1.165, 1.54) is 0 Å². The van der Waals surface area contributed by atoms with Gasteiger partial charge in [0.1, 0.15) is 0 Å². The number of halogens is 1. The number of nitrogens with zero attached hydrogens (tertiary/aromatic N) is 1. The maximum Gasteiger partial charge on any atom is 0.256 e. The van der Waals surface area contributed by atoms with Crippen LogP contribution in [0, 0.1) is 0 Å². The monoisotopic (exact) mass is 237 g/mol. The number of hydrogen-bond donors (Lipinski definition) is 2. The maximum absolute atomic E-state index is 14.2. The zero-order valence-corrected chi connectivity index (χ0v) is 9.53. The van der Waals surface area contributed by atoms with Crippen molar-refractivity contribution in [2.75, 3.05) is 23.7 Å². The number of nitrogens with two attached hydrogens (primary N) is 2. The van der Waals surface area contributed by atoms with Crippen LogP contribution in [-0.4, -0.2) is 24.7 Å². The molecule has 17 heavy (non-hydrogen) atoms. The van der Waals surface area contributed by atoms with Crippen LogP contribution in [0.1, 0.15) is 12.8 Å². The Morgan fingerprint density at radius 3 is 2.59 bits per heavy atom. The van der Waals surface area contributed by atoms with E-state index >= 15 is 0 Å². The Labute approximate surface area is 99.4 Å². The molecule has 1 aliphatic heterocycles. The summed E-state index contributed by atoms with van der Waals surface area (Å²) in [6.07, 6.45) is 0.817. The molecule has 4 nitrogen and oxygen atoms in total. The smallest absolute Gasteiger partial charge is 0.256 e. The summed E-state index contributed by atoms with van der Waals surface area (Å²) >= 11 is 0. The van der Waals surface area contributed by atoms with Crippen LogP contribution < -0.4 is 16.4 Å². The Morgan fingerprint density at radius 2 is 2.00 bits per heavy atom. The number of rotatable bonds is 2. The highest BCUT2D eigenvalue weighted by Crippen LogP contribution is 2.29. The SMILES string of the molecule is NC(=O)C1(F)CCCN(c2ccc(N)cc2)C1. The van der Waals surface area contributed by atoms with Crippen molar-refractivity contribution in [3.63, 3.8) is 0 Å². The number of alkyl halides is 1. The normalized spacial score (nSPS) is 24.6. The molecule has 1 atom stereocenters. The molecule has 1 heterocycles. The predicted octanol–water partition coefficient (Wildman–Crippen LogP) is 1.06. The lowest BCUT2D eigenvalue weighted by Gasteiger charge is -2.36. The molecule has 1 unspecified atom stereocenters. The molecule has 0 saturated carbocycles. The molecule has 0 aliphatic carbocycles. The van der Waals surface area contributed by atoms with Gasteiger partial charge in [-0.05, 0) is 37.1 Å². The van der Waals surface area contributed by atoms with Crippen LogP contribution in [-0.2, 0) is 4.79 Å². The van der Waals surface area contributed by atoms with E-state index < -0.39 is 11.6 Å². The zero-order valence-electron chi connectivity index (χ0n) is 9.53. The van der Waals surface area contributed by atoms with Crippen LogP contribution in [0.15, 0.2) is 24.3 Å². The second-order valence-electron chi connectivity index (χ2n) is 4.45. The molecule has 1 saturated heterocycles. The standard InChI is InChI=1S/C12H16FN3O/c13-12(11(15)17)6-1-7-16(8-12)10-4-2-9(14)3-5-10/h2-5H,1,6-8,14H2,(H2,15,17). The van der Waals surface area contributed by atoms with E-state index in [2.05, 4.69) is 0 Å². The van der Waals surface area contributed by atoms with Gasteiger partial charge in [0.25, 0.3) is 5.91 Å². The van der Waals surface area contributed by atoms with Crippen LogP contribution in [0.5, 0.6) is 0 Å². The molecular weight excluding hydrogens is 221 g/mol. The van der Waals surface area contributed by atoms with E-state index in [0.717, 1.165) is 12.2 Å². The van der Waals surface area contributed by atoms with Crippen molar-refractivity contribution in [2.45, 2.75) is 18.5 Å². The maximum atomic E-state index is 14.2. The zero-order chi connectivity index (χ0) is 12.5. The topological polar surface area (TPSA) is 72.4 Å². The van der Waals surface area contributed by atoms with Gasteiger partial charge in [-0.1, -0.05) is 0 Å². The number of amides is 1. The quantitative estimate of drug-likeness (QED) is 0.755. The van der Waals surface area contributed by atoms with E-state index in [0.29, 0.717) is 12.1 Å². The summed E-state index contributed by atoms with van der Waals surface area (Å²) in [6.45, 7) is 0.745. The minimum atomic E-state index is -1.92. The van der Waals surface area contributed by atoms with Crippen LogP contribution in [0.3, 0.4) is 0 Å². The highest BCUT2D eigenvalue weighted by Gasteiger charge is 2.41. The molecule has 1 aromatic carbocycles. The summed E-state index contributed by atoms with van der Waals surface area (Å²) in [7, 11) is 0. The fourth-order valence-corrected chi connectivity index (χ4v) is 2.12. The number of carbonyl (C=O) groups is 1. The first kappa shape index (κ1) is 11.7. The first-order valence-corrected chi connectivity index (χ1v) is 5.60. The van der Waals surface area contributed by atoms with E-state index in [1.54, 1.807) is 12.1 Å². The number of carbonyl (C=O) groups excluding carboxylic acids is 1. The van der Waals surface area contributed by atoms with Crippen LogP contribution >= 0.6 is 0 Å². The summed E-state index contributed by atoms with van der Waals surface area (Å²) in [5.41, 5.74) is 10.3. The highest BCUT2D eigenvalue weighted by molar-refractivity contribution is 5.84. The van der Waals surface area contributed by atoms with Gasteiger partial charge in [-0.15, -0.1) is 0 Å². The van der Waals surface area contributed by atoms with Gasteiger partial charge in [-0.2, -0.15) is 0 Å². The molecule has 5 heteroatoms. The van der Waals surface area contributed by atoms with Crippen LogP contribution in [0.2, 0.25) is 0 Å². The predicted molar refractivity (Wildman–Crippen MR) is 65.3 cm³/mol. The second-order valence-corrected chi connectivity index (χ2v) is 4.45. The third kappa shape index (κ3) is 2.33. The third-order valence-corrected chi connectivity index (χ3v) is 3.14. The van der Waals surface area contributed by atoms with Crippen molar-refractivity contribution in [1.29, 1.82) is 0 Å². The number of piperidine rings is 1. The molecular formula is C12H16FN3O. The minimum absolute atomic E-state index is 0.0201. The van der Waals surface area contributed by atoms with E-state index in [1.807, 2.05) is 17.0 Å². The second kappa shape index (κ2) is 4.24. The van der Waals surface area contributed by atoms with Gasteiger partial charge in [-0.25, -0.2) is 4.39 Å². The largest absolute Gasteiger partial charge is 0.399 e. The van der Waals surface area contributed by atoms with Gasteiger partial charge in [0, 0.05) is 17.9 Å². The van der Waals surface area contributed by atoms with Gasteiger partial charge < -0.3 is 16.4 Å². The third-order valence-electron chi connectivity index (χ3n) is 3.14. The number of hydrogen-bond acceptors (Lipinski definition) is 3. The Bertz CT molecular complexity index is 420. The van der Waals surface area contributed by atoms with Crippen molar-refractivity contribution >= 4 is 17.3 Å². The summed E-state index contributed by atoms with van der Waals surface area (Å²) in [6, 6.07) is 7.16.